The first-order valence-corrected chi connectivity index (χ1v) is 7.99. The van der Waals surface area contributed by atoms with Gasteiger partial charge in [0.15, 0.2) is 5.13 Å². The number of thiazole rings is 1. The maximum atomic E-state index is 12.0. The Bertz CT molecular complexity index is 824. The molecule has 0 fully saturated rings. The van der Waals surface area contributed by atoms with E-state index in [2.05, 4.69) is 15.6 Å². The highest BCUT2D eigenvalue weighted by atomic mass is 35.5. The van der Waals surface area contributed by atoms with Crippen LogP contribution in [0.5, 0.6) is 0 Å². The lowest BCUT2D eigenvalue weighted by molar-refractivity contribution is 0.262. The Hall–Kier alpha value is -1.82. The Morgan fingerprint density at radius 3 is 2.73 bits per heavy atom. The van der Waals surface area contributed by atoms with Crippen LogP contribution in [-0.2, 0) is 0 Å². The average Bonchev–Trinajstić information content (AvgIpc) is 2.88. The highest BCUT2D eigenvalue weighted by molar-refractivity contribution is 7.23. The zero-order valence-corrected chi connectivity index (χ0v) is 13.8. The van der Waals surface area contributed by atoms with Crippen molar-refractivity contribution in [1.82, 2.24) is 4.98 Å². The van der Waals surface area contributed by atoms with Gasteiger partial charge in [-0.05, 0) is 36.8 Å². The summed E-state index contributed by atoms with van der Waals surface area (Å²) in [7, 11) is 0. The number of urea groups is 1. The van der Waals surface area contributed by atoms with Crippen molar-refractivity contribution in [3.05, 3.63) is 52.0 Å². The standard InChI is InChI=1S/C15H11Cl2N3OS/c1-8-5-6-11(17)13-12(8)19-15(22-13)20-14(21)18-10-4-2-3-9(16)7-10/h2-7H,1H3,(H2,18,19,20,21). The van der Waals surface area contributed by atoms with E-state index in [0.29, 0.717) is 20.9 Å². The smallest absolute Gasteiger partial charge is 0.308 e. The molecule has 0 unspecified atom stereocenters. The van der Waals surface area contributed by atoms with E-state index in [1.807, 2.05) is 19.1 Å². The SMILES string of the molecule is Cc1ccc(Cl)c2sc(NC(=O)Nc3cccc(Cl)c3)nc12. The summed E-state index contributed by atoms with van der Waals surface area (Å²) >= 11 is 13.4. The summed E-state index contributed by atoms with van der Waals surface area (Å²) in [6, 6.07) is 10.3. The Morgan fingerprint density at radius 2 is 2.00 bits per heavy atom. The van der Waals surface area contributed by atoms with Gasteiger partial charge in [0.05, 0.1) is 15.2 Å². The predicted molar refractivity (Wildman–Crippen MR) is 93.5 cm³/mol. The van der Waals surface area contributed by atoms with Crippen molar-refractivity contribution >= 4 is 61.6 Å². The third-order valence-electron chi connectivity index (χ3n) is 3.00. The van der Waals surface area contributed by atoms with Gasteiger partial charge >= 0.3 is 6.03 Å². The van der Waals surface area contributed by atoms with E-state index in [1.54, 1.807) is 24.3 Å². The normalized spacial score (nSPS) is 10.7. The Morgan fingerprint density at radius 1 is 1.18 bits per heavy atom. The topological polar surface area (TPSA) is 54.0 Å². The van der Waals surface area contributed by atoms with Crippen LogP contribution in [0.15, 0.2) is 36.4 Å². The van der Waals surface area contributed by atoms with E-state index >= 15 is 0 Å². The maximum absolute atomic E-state index is 12.0. The molecule has 2 aromatic carbocycles. The van der Waals surface area contributed by atoms with Crippen molar-refractivity contribution in [3.8, 4) is 0 Å². The van der Waals surface area contributed by atoms with Crippen molar-refractivity contribution in [1.29, 1.82) is 0 Å². The van der Waals surface area contributed by atoms with Gasteiger partial charge in [0.25, 0.3) is 0 Å². The molecule has 0 saturated heterocycles. The number of benzene rings is 2. The molecule has 3 rings (SSSR count). The average molecular weight is 352 g/mol. The Kier molecular flexibility index (Phi) is 4.20. The van der Waals surface area contributed by atoms with Gasteiger partial charge in [-0.1, -0.05) is 46.7 Å². The molecule has 0 bridgehead atoms. The monoisotopic (exact) mass is 351 g/mol. The van der Waals surface area contributed by atoms with Crippen LogP contribution >= 0.6 is 34.5 Å². The molecule has 0 aliphatic rings. The molecule has 4 nitrogen and oxygen atoms in total. The molecule has 1 aromatic heterocycles. The van der Waals surface area contributed by atoms with Gasteiger partial charge < -0.3 is 5.32 Å². The van der Waals surface area contributed by atoms with E-state index in [1.165, 1.54) is 11.3 Å². The van der Waals surface area contributed by atoms with Crippen molar-refractivity contribution in [2.24, 2.45) is 0 Å². The van der Waals surface area contributed by atoms with Gasteiger partial charge in [-0.3, -0.25) is 5.32 Å². The minimum atomic E-state index is -0.380. The zero-order valence-electron chi connectivity index (χ0n) is 11.5. The summed E-state index contributed by atoms with van der Waals surface area (Å²) in [5, 5.41) is 7.09. The molecule has 0 radical (unpaired) electrons. The fourth-order valence-corrected chi connectivity index (χ4v) is 3.38. The summed E-state index contributed by atoms with van der Waals surface area (Å²) in [5.41, 5.74) is 2.43. The Labute approximate surface area is 141 Å². The number of rotatable bonds is 2. The Balaban J connectivity index is 1.79. The van der Waals surface area contributed by atoms with Gasteiger partial charge in [-0.2, -0.15) is 0 Å². The number of nitrogens with one attached hydrogen (secondary N) is 2. The van der Waals surface area contributed by atoms with Crippen molar-refractivity contribution < 1.29 is 4.79 Å². The van der Waals surface area contributed by atoms with E-state index < -0.39 is 0 Å². The van der Waals surface area contributed by atoms with Crippen LogP contribution in [-0.4, -0.2) is 11.0 Å². The first-order chi connectivity index (χ1) is 10.5. The van der Waals surface area contributed by atoms with Crippen molar-refractivity contribution in [2.75, 3.05) is 10.6 Å². The first-order valence-electron chi connectivity index (χ1n) is 6.42. The fraction of sp³-hybridized carbons (Fsp3) is 0.0667. The van der Waals surface area contributed by atoms with E-state index in [-0.39, 0.29) is 6.03 Å². The molecule has 1 heterocycles. The number of hydrogen-bond donors (Lipinski definition) is 2. The predicted octanol–water partition coefficient (Wildman–Crippen LogP) is 5.56. The second kappa shape index (κ2) is 6.12. The minimum Gasteiger partial charge on any atom is -0.308 e. The molecular weight excluding hydrogens is 341 g/mol. The number of nitrogens with zero attached hydrogens (tertiary/aromatic N) is 1. The zero-order chi connectivity index (χ0) is 15.7. The van der Waals surface area contributed by atoms with Gasteiger partial charge in [0, 0.05) is 10.7 Å². The number of aromatic nitrogens is 1. The molecule has 22 heavy (non-hydrogen) atoms. The molecular formula is C15H11Cl2N3OS. The summed E-state index contributed by atoms with van der Waals surface area (Å²) in [6.45, 7) is 1.95. The molecule has 0 atom stereocenters. The lowest BCUT2D eigenvalue weighted by atomic mass is 10.2. The second-order valence-corrected chi connectivity index (χ2v) is 6.49. The van der Waals surface area contributed by atoms with E-state index in [4.69, 9.17) is 23.2 Å². The largest absolute Gasteiger partial charge is 0.325 e. The van der Waals surface area contributed by atoms with Crippen LogP contribution in [0.3, 0.4) is 0 Å². The van der Waals surface area contributed by atoms with Crippen LogP contribution < -0.4 is 10.6 Å². The third kappa shape index (κ3) is 3.16. The fourth-order valence-electron chi connectivity index (χ4n) is 1.98. The molecule has 3 aromatic rings. The van der Waals surface area contributed by atoms with Gasteiger partial charge in [-0.15, -0.1) is 0 Å². The molecule has 7 heteroatoms. The number of carbonyl (C=O) groups excluding carboxylic acids is 1. The third-order valence-corrected chi connectivity index (χ3v) is 4.67. The summed E-state index contributed by atoms with van der Waals surface area (Å²) < 4.78 is 0.861. The van der Waals surface area contributed by atoms with Gasteiger partial charge in [0.2, 0.25) is 0 Å². The number of fused-ring (bicyclic) bond motifs is 1. The van der Waals surface area contributed by atoms with E-state index in [0.717, 1.165) is 15.8 Å². The number of hydrogen-bond acceptors (Lipinski definition) is 3. The molecule has 2 N–H and O–H groups in total. The summed E-state index contributed by atoms with van der Waals surface area (Å²) in [6.07, 6.45) is 0. The van der Waals surface area contributed by atoms with Gasteiger partial charge in [0.1, 0.15) is 0 Å². The number of halogens is 2. The number of carbonyl (C=O) groups is 1. The van der Waals surface area contributed by atoms with Crippen molar-refractivity contribution in [2.45, 2.75) is 6.92 Å². The van der Waals surface area contributed by atoms with E-state index in [9.17, 15) is 4.79 Å². The van der Waals surface area contributed by atoms with Crippen molar-refractivity contribution in [3.63, 3.8) is 0 Å². The van der Waals surface area contributed by atoms with Gasteiger partial charge in [-0.25, -0.2) is 9.78 Å². The van der Waals surface area contributed by atoms with Crippen LogP contribution in [0.2, 0.25) is 10.0 Å². The highest BCUT2D eigenvalue weighted by Crippen LogP contribution is 2.33. The van der Waals surface area contributed by atoms with Crippen LogP contribution in [0.1, 0.15) is 5.56 Å². The molecule has 112 valence electrons. The molecule has 2 amide bonds. The van der Waals surface area contributed by atoms with Crippen LogP contribution in [0, 0.1) is 6.92 Å². The molecule has 0 aliphatic carbocycles. The number of anilines is 2. The lowest BCUT2D eigenvalue weighted by Crippen LogP contribution is -2.19. The number of aryl methyl sites for hydroxylation is 1. The van der Waals surface area contributed by atoms with Crippen LogP contribution in [0.25, 0.3) is 10.2 Å². The summed E-state index contributed by atoms with van der Waals surface area (Å²) in [5.74, 6) is 0. The first kappa shape index (κ1) is 15.1. The molecule has 0 aliphatic heterocycles. The maximum Gasteiger partial charge on any atom is 0.325 e. The molecule has 0 saturated carbocycles. The quantitative estimate of drug-likeness (QED) is 0.635. The highest BCUT2D eigenvalue weighted by Gasteiger charge is 2.11. The molecule has 0 spiro atoms. The summed E-state index contributed by atoms with van der Waals surface area (Å²) in [4.78, 5) is 16.4. The minimum absolute atomic E-state index is 0.380. The van der Waals surface area contributed by atoms with Crippen LogP contribution in [0.4, 0.5) is 15.6 Å². The lowest BCUT2D eigenvalue weighted by Gasteiger charge is -2.05. The second-order valence-electron chi connectivity index (χ2n) is 4.65. The number of amides is 2.